The van der Waals surface area contributed by atoms with E-state index in [0.29, 0.717) is 11.5 Å². The highest BCUT2D eigenvalue weighted by Gasteiger charge is 2.09. The molecule has 1 amide bonds. The molecule has 0 bridgehead atoms. The summed E-state index contributed by atoms with van der Waals surface area (Å²) in [6, 6.07) is 0. The minimum absolute atomic E-state index is 0.210. The second kappa shape index (κ2) is 8.20. The first kappa shape index (κ1) is 16.0. The third kappa shape index (κ3) is 5.23. The van der Waals surface area contributed by atoms with E-state index in [0.717, 1.165) is 11.9 Å². The molecule has 0 aliphatic rings. The highest BCUT2D eigenvalue weighted by atomic mass is 16.1. The summed E-state index contributed by atoms with van der Waals surface area (Å²) in [5, 5.41) is 13.6. The smallest absolute Gasteiger partial charge is 0.254 e. The molecule has 0 saturated carbocycles. The zero-order chi connectivity index (χ0) is 15.7. The fourth-order valence-corrected chi connectivity index (χ4v) is 1.39. The number of allylic oxidation sites excluding steroid dienone is 3. The van der Waals surface area contributed by atoms with Gasteiger partial charge in [-0.25, -0.2) is 9.97 Å². The summed E-state index contributed by atoms with van der Waals surface area (Å²) >= 11 is 0. The minimum atomic E-state index is -0.606. The van der Waals surface area contributed by atoms with Crippen LogP contribution < -0.4 is 16.5 Å². The number of carbonyl (C=O) groups is 1. The molecular formula is C13H17N7O. The molecule has 0 radical (unpaired) electrons. The van der Waals surface area contributed by atoms with E-state index in [9.17, 15) is 4.79 Å². The van der Waals surface area contributed by atoms with Gasteiger partial charge in [-0.1, -0.05) is 6.08 Å². The number of nitrogens with two attached hydrogens (primary N) is 1. The number of nitrogens with zero attached hydrogens (tertiary/aromatic N) is 3. The average molecular weight is 287 g/mol. The zero-order valence-corrected chi connectivity index (χ0v) is 11.8. The Balaban J connectivity index is 2.87. The van der Waals surface area contributed by atoms with E-state index < -0.39 is 5.91 Å². The van der Waals surface area contributed by atoms with Crippen LogP contribution in [-0.4, -0.2) is 28.3 Å². The summed E-state index contributed by atoms with van der Waals surface area (Å²) in [6.07, 6.45) is 8.64. The Morgan fingerprint density at radius 2 is 2.29 bits per heavy atom. The summed E-state index contributed by atoms with van der Waals surface area (Å²) in [7, 11) is 0. The van der Waals surface area contributed by atoms with Crippen molar-refractivity contribution in [1.82, 2.24) is 15.4 Å². The largest absolute Gasteiger partial charge is 0.365 e. The molecule has 1 rings (SSSR count). The van der Waals surface area contributed by atoms with Gasteiger partial charge in [-0.15, -0.1) is 0 Å². The number of hydrazone groups is 1. The number of primary amides is 1. The van der Waals surface area contributed by atoms with Gasteiger partial charge < -0.3 is 16.5 Å². The third-order valence-electron chi connectivity index (χ3n) is 2.32. The number of rotatable bonds is 7. The normalized spacial score (nSPS) is 12.3. The number of aromatic nitrogens is 2. The van der Waals surface area contributed by atoms with Crippen molar-refractivity contribution in [3.63, 3.8) is 0 Å². The highest BCUT2D eigenvalue weighted by molar-refractivity contribution is 6.14. The van der Waals surface area contributed by atoms with Gasteiger partial charge in [0, 0.05) is 18.1 Å². The predicted octanol–water partition coefficient (Wildman–Crippen LogP) is 1.02. The van der Waals surface area contributed by atoms with E-state index in [4.69, 9.17) is 11.1 Å². The highest BCUT2D eigenvalue weighted by Crippen LogP contribution is 2.12. The molecule has 1 heterocycles. The number of hydrogen-bond acceptors (Lipinski definition) is 7. The molecule has 5 N–H and O–H groups in total. The molecule has 0 unspecified atom stereocenters. The van der Waals surface area contributed by atoms with E-state index in [1.54, 1.807) is 19.1 Å². The molecular weight excluding hydrogens is 270 g/mol. The number of amides is 1. The molecule has 0 aromatic carbocycles. The van der Waals surface area contributed by atoms with Crippen LogP contribution >= 0.6 is 0 Å². The molecule has 0 fully saturated rings. The first-order valence-electron chi connectivity index (χ1n) is 6.08. The van der Waals surface area contributed by atoms with E-state index in [2.05, 4.69) is 25.8 Å². The minimum Gasteiger partial charge on any atom is -0.365 e. The van der Waals surface area contributed by atoms with Gasteiger partial charge in [0.15, 0.2) is 0 Å². The SMILES string of the molecule is C/C=C(\C=C(/C)Nc1ncncc1C(N)=O)N/N=C\C=N. The van der Waals surface area contributed by atoms with E-state index in [1.807, 2.05) is 6.92 Å². The van der Waals surface area contributed by atoms with Gasteiger partial charge in [-0.05, 0) is 19.9 Å². The lowest BCUT2D eigenvalue weighted by Gasteiger charge is -2.09. The fraction of sp³-hybridized carbons (Fsp3) is 0.154. The predicted molar refractivity (Wildman–Crippen MR) is 82.1 cm³/mol. The first-order valence-corrected chi connectivity index (χ1v) is 6.08. The van der Waals surface area contributed by atoms with E-state index in [1.165, 1.54) is 18.7 Å². The van der Waals surface area contributed by atoms with Crippen LogP contribution in [0.4, 0.5) is 5.82 Å². The van der Waals surface area contributed by atoms with Crippen LogP contribution in [0.1, 0.15) is 24.2 Å². The summed E-state index contributed by atoms with van der Waals surface area (Å²) in [5.41, 5.74) is 9.67. The topological polar surface area (TPSA) is 129 Å². The van der Waals surface area contributed by atoms with Crippen molar-refractivity contribution in [2.45, 2.75) is 13.8 Å². The number of anilines is 1. The summed E-state index contributed by atoms with van der Waals surface area (Å²) in [4.78, 5) is 19.0. The summed E-state index contributed by atoms with van der Waals surface area (Å²) in [5.74, 6) is -0.268. The maximum atomic E-state index is 11.3. The molecule has 8 heteroatoms. The molecule has 0 spiro atoms. The first-order chi connectivity index (χ1) is 10.1. The lowest BCUT2D eigenvalue weighted by molar-refractivity contribution is 0.100. The van der Waals surface area contributed by atoms with Crippen LogP contribution in [0.15, 0.2) is 41.2 Å². The number of nitrogens with one attached hydrogen (secondary N) is 3. The lowest BCUT2D eigenvalue weighted by Crippen LogP contribution is -2.15. The van der Waals surface area contributed by atoms with Gasteiger partial charge in [0.25, 0.3) is 5.91 Å². The quantitative estimate of drug-likeness (QED) is 0.338. The van der Waals surface area contributed by atoms with Crippen LogP contribution in [0, 0.1) is 5.41 Å². The van der Waals surface area contributed by atoms with Crippen LogP contribution in [0.2, 0.25) is 0 Å². The van der Waals surface area contributed by atoms with E-state index >= 15 is 0 Å². The van der Waals surface area contributed by atoms with Crippen molar-refractivity contribution in [2.24, 2.45) is 10.8 Å². The van der Waals surface area contributed by atoms with Crippen LogP contribution in [-0.2, 0) is 0 Å². The molecule has 0 aliphatic heterocycles. The Hall–Kier alpha value is -3.03. The average Bonchev–Trinajstić information content (AvgIpc) is 2.46. The fourth-order valence-electron chi connectivity index (χ4n) is 1.39. The maximum absolute atomic E-state index is 11.3. The zero-order valence-electron chi connectivity index (χ0n) is 11.8. The molecule has 0 aliphatic carbocycles. The lowest BCUT2D eigenvalue weighted by atomic mass is 10.2. The Morgan fingerprint density at radius 3 is 2.90 bits per heavy atom. The Morgan fingerprint density at radius 1 is 1.52 bits per heavy atom. The third-order valence-corrected chi connectivity index (χ3v) is 2.32. The Labute approximate surface area is 122 Å². The van der Waals surface area contributed by atoms with Gasteiger partial charge in [-0.2, -0.15) is 5.10 Å². The number of hydrogen-bond donors (Lipinski definition) is 4. The molecule has 21 heavy (non-hydrogen) atoms. The Bertz CT molecular complexity index is 604. The van der Waals surface area contributed by atoms with Crippen LogP contribution in [0.3, 0.4) is 0 Å². The Kier molecular flexibility index (Phi) is 6.26. The van der Waals surface area contributed by atoms with Gasteiger partial charge in [-0.3, -0.25) is 10.2 Å². The molecule has 8 nitrogen and oxygen atoms in total. The van der Waals surface area contributed by atoms with E-state index in [-0.39, 0.29) is 5.56 Å². The van der Waals surface area contributed by atoms with Crippen molar-refractivity contribution in [3.05, 3.63) is 41.6 Å². The van der Waals surface area contributed by atoms with Crippen molar-refractivity contribution >= 4 is 24.2 Å². The monoisotopic (exact) mass is 287 g/mol. The second-order valence-electron chi connectivity index (χ2n) is 3.90. The van der Waals surface area contributed by atoms with Gasteiger partial charge in [0.1, 0.15) is 17.7 Å². The standard InChI is InChI=1S/C13H17N7O/c1-3-10(20-18-5-4-14)6-9(2)19-13-11(12(15)21)7-16-8-17-13/h3-8,14,20H,1-2H3,(H2,15,21)(H,16,17,19)/b9-6+,10-3+,14-4?,18-5-. The van der Waals surface area contributed by atoms with Crippen molar-refractivity contribution in [2.75, 3.05) is 5.32 Å². The van der Waals surface area contributed by atoms with Crippen LogP contribution in [0.25, 0.3) is 0 Å². The van der Waals surface area contributed by atoms with Crippen molar-refractivity contribution in [1.29, 1.82) is 5.41 Å². The second-order valence-corrected chi connectivity index (χ2v) is 3.90. The number of carbonyl (C=O) groups excluding carboxylic acids is 1. The molecule has 1 aromatic heterocycles. The van der Waals surface area contributed by atoms with Gasteiger partial charge in [0.05, 0.1) is 11.9 Å². The molecule has 0 saturated heterocycles. The van der Waals surface area contributed by atoms with Crippen LogP contribution in [0.5, 0.6) is 0 Å². The van der Waals surface area contributed by atoms with Crippen molar-refractivity contribution < 1.29 is 4.79 Å². The molecule has 1 aromatic rings. The summed E-state index contributed by atoms with van der Waals surface area (Å²) in [6.45, 7) is 3.64. The van der Waals surface area contributed by atoms with Gasteiger partial charge in [0.2, 0.25) is 0 Å². The molecule has 0 atom stereocenters. The van der Waals surface area contributed by atoms with Crippen molar-refractivity contribution in [3.8, 4) is 0 Å². The molecule has 110 valence electrons. The summed E-state index contributed by atoms with van der Waals surface area (Å²) < 4.78 is 0. The maximum Gasteiger partial charge on any atom is 0.254 e. The van der Waals surface area contributed by atoms with Gasteiger partial charge >= 0.3 is 0 Å².